The maximum Gasteiger partial charge on any atom is 0.341 e. The Hall–Kier alpha value is -3.02. The van der Waals surface area contributed by atoms with E-state index in [2.05, 4.69) is 11.9 Å². The van der Waals surface area contributed by atoms with Gasteiger partial charge in [-0.2, -0.15) is 0 Å². The molecule has 2 rings (SSSR count). The molecule has 0 aliphatic carbocycles. The quantitative estimate of drug-likeness (QED) is 0.0834. The van der Waals surface area contributed by atoms with Gasteiger partial charge in [0.1, 0.15) is 22.8 Å². The number of aliphatic imine (C=N–C) groups is 1. The fraction of sp³-hybridized carbons (Fsp3) is 0.533. The van der Waals surface area contributed by atoms with Crippen molar-refractivity contribution < 1.29 is 24.9 Å². The number of esters is 1. The summed E-state index contributed by atoms with van der Waals surface area (Å²) in [6.45, 7) is 2.58. The number of phenols is 3. The van der Waals surface area contributed by atoms with E-state index in [4.69, 9.17) is 4.74 Å². The molecule has 0 heterocycles. The van der Waals surface area contributed by atoms with Gasteiger partial charge >= 0.3 is 5.97 Å². The van der Waals surface area contributed by atoms with E-state index in [0.29, 0.717) is 17.9 Å². The van der Waals surface area contributed by atoms with Crippen molar-refractivity contribution in [2.75, 3.05) is 6.61 Å². The molecule has 198 valence electrons. The van der Waals surface area contributed by atoms with Crippen LogP contribution in [0.3, 0.4) is 0 Å². The van der Waals surface area contributed by atoms with Crippen molar-refractivity contribution in [1.29, 1.82) is 0 Å². The molecule has 6 heteroatoms. The van der Waals surface area contributed by atoms with Crippen LogP contribution in [0.2, 0.25) is 0 Å². The Kier molecular flexibility index (Phi) is 14.1. The van der Waals surface area contributed by atoms with Gasteiger partial charge < -0.3 is 20.1 Å². The molecule has 36 heavy (non-hydrogen) atoms. The van der Waals surface area contributed by atoms with Crippen molar-refractivity contribution in [2.45, 2.75) is 96.8 Å². The highest BCUT2D eigenvalue weighted by Gasteiger charge is 2.13. The van der Waals surface area contributed by atoms with E-state index in [-0.39, 0.29) is 22.8 Å². The zero-order valence-corrected chi connectivity index (χ0v) is 21.8. The van der Waals surface area contributed by atoms with Gasteiger partial charge in [-0.15, -0.1) is 0 Å². The van der Waals surface area contributed by atoms with Gasteiger partial charge in [0.15, 0.2) is 0 Å². The van der Waals surface area contributed by atoms with Gasteiger partial charge in [0.2, 0.25) is 0 Å². The molecular weight excluding hydrogens is 454 g/mol. The van der Waals surface area contributed by atoms with Crippen LogP contribution in [0, 0.1) is 0 Å². The van der Waals surface area contributed by atoms with Crippen LogP contribution >= 0.6 is 0 Å². The molecule has 0 amide bonds. The summed E-state index contributed by atoms with van der Waals surface area (Å²) in [6, 6.07) is 8.51. The summed E-state index contributed by atoms with van der Waals surface area (Å²) in [6.07, 6.45) is 19.1. The zero-order valence-electron chi connectivity index (χ0n) is 21.8. The molecule has 6 nitrogen and oxygen atoms in total. The van der Waals surface area contributed by atoms with Crippen molar-refractivity contribution in [2.24, 2.45) is 4.99 Å². The van der Waals surface area contributed by atoms with Gasteiger partial charge in [-0.1, -0.05) is 90.4 Å². The number of unbranched alkanes of at least 4 members (excludes halogenated alkanes) is 13. The summed E-state index contributed by atoms with van der Waals surface area (Å²) in [5.74, 6) is -0.768. The Balaban J connectivity index is 1.60. The van der Waals surface area contributed by atoms with Crippen LogP contribution in [0.5, 0.6) is 17.2 Å². The maximum atomic E-state index is 12.4. The van der Waals surface area contributed by atoms with Gasteiger partial charge in [0.25, 0.3) is 0 Å². The van der Waals surface area contributed by atoms with Gasteiger partial charge in [0, 0.05) is 11.8 Å². The summed E-state index contributed by atoms with van der Waals surface area (Å²) in [5, 5.41) is 29.5. The van der Waals surface area contributed by atoms with Crippen LogP contribution in [-0.2, 0) is 4.74 Å². The summed E-state index contributed by atoms with van der Waals surface area (Å²) in [4.78, 5) is 16.6. The molecule has 0 aromatic heterocycles. The van der Waals surface area contributed by atoms with E-state index in [0.717, 1.165) is 19.3 Å². The van der Waals surface area contributed by atoms with E-state index >= 15 is 0 Å². The first-order valence-electron chi connectivity index (χ1n) is 13.6. The van der Waals surface area contributed by atoms with Gasteiger partial charge in [0.05, 0.1) is 12.3 Å². The number of rotatable bonds is 18. The number of carbonyl (C=O) groups excluding carboxylic acids is 1. The Morgan fingerprint density at radius 2 is 1.31 bits per heavy atom. The predicted octanol–water partition coefficient (Wildman–Crippen LogP) is 8.19. The molecule has 0 unspecified atom stereocenters. The van der Waals surface area contributed by atoms with E-state index in [9.17, 15) is 20.1 Å². The van der Waals surface area contributed by atoms with Crippen molar-refractivity contribution in [3.8, 4) is 17.2 Å². The summed E-state index contributed by atoms with van der Waals surface area (Å²) >= 11 is 0. The van der Waals surface area contributed by atoms with Crippen molar-refractivity contribution in [3.63, 3.8) is 0 Å². The first kappa shape index (κ1) is 29.2. The minimum absolute atomic E-state index is 0.00715. The van der Waals surface area contributed by atoms with Crippen LogP contribution in [-0.4, -0.2) is 34.1 Å². The third kappa shape index (κ3) is 11.6. The second-order valence-corrected chi connectivity index (χ2v) is 9.43. The average molecular weight is 498 g/mol. The number of benzene rings is 2. The van der Waals surface area contributed by atoms with Gasteiger partial charge in [-0.3, -0.25) is 4.99 Å². The third-order valence-electron chi connectivity index (χ3n) is 6.29. The molecule has 0 atom stereocenters. The lowest BCUT2D eigenvalue weighted by Crippen LogP contribution is -2.06. The molecule has 0 radical (unpaired) electrons. The Bertz CT molecular complexity index is 941. The number of ether oxygens (including phenoxy) is 1. The SMILES string of the molecule is CCCCCCCCCCCCCCCCOC(=O)c1cc(N=Cc2cc(O)ccc2O)ccc1O. The largest absolute Gasteiger partial charge is 0.508 e. The molecule has 0 saturated carbocycles. The fourth-order valence-electron chi connectivity index (χ4n) is 4.10. The van der Waals surface area contributed by atoms with Crippen molar-refractivity contribution >= 4 is 17.9 Å². The molecule has 0 saturated heterocycles. The molecule has 2 aromatic carbocycles. The summed E-state index contributed by atoms with van der Waals surface area (Å²) in [5.41, 5.74) is 0.805. The van der Waals surface area contributed by atoms with E-state index in [1.54, 1.807) is 6.07 Å². The topological polar surface area (TPSA) is 99.4 Å². The number of carbonyl (C=O) groups is 1. The van der Waals surface area contributed by atoms with E-state index in [1.807, 2.05) is 0 Å². The lowest BCUT2D eigenvalue weighted by molar-refractivity contribution is 0.0494. The highest BCUT2D eigenvalue weighted by atomic mass is 16.5. The first-order chi connectivity index (χ1) is 17.5. The molecule has 3 N–H and O–H groups in total. The predicted molar refractivity (Wildman–Crippen MR) is 146 cm³/mol. The molecule has 0 fully saturated rings. The normalized spacial score (nSPS) is 11.2. The Labute approximate surface area is 216 Å². The minimum Gasteiger partial charge on any atom is -0.508 e. The summed E-state index contributed by atoms with van der Waals surface area (Å²) in [7, 11) is 0. The Morgan fingerprint density at radius 3 is 1.92 bits per heavy atom. The number of phenolic OH excluding ortho intramolecular Hbond substituents is 3. The highest BCUT2D eigenvalue weighted by Crippen LogP contribution is 2.26. The van der Waals surface area contributed by atoms with Crippen LogP contribution in [0.25, 0.3) is 0 Å². The summed E-state index contributed by atoms with van der Waals surface area (Å²) < 4.78 is 5.34. The number of hydrogen-bond acceptors (Lipinski definition) is 6. The third-order valence-corrected chi connectivity index (χ3v) is 6.29. The number of aromatic hydroxyl groups is 3. The molecule has 0 aliphatic heterocycles. The number of hydrogen-bond donors (Lipinski definition) is 3. The number of nitrogens with zero attached hydrogens (tertiary/aromatic N) is 1. The maximum absolute atomic E-state index is 12.4. The standard InChI is InChI=1S/C30H43NO5/c1-2-3-4-5-6-7-8-9-10-11-12-13-14-15-20-36-30(35)27-22-25(16-18-29(27)34)31-23-24-21-26(32)17-19-28(24)33/h16-19,21-23,32-34H,2-15,20H2,1H3. The smallest absolute Gasteiger partial charge is 0.341 e. The molecule has 2 aromatic rings. The average Bonchev–Trinajstić information content (AvgIpc) is 2.87. The van der Waals surface area contributed by atoms with Crippen LogP contribution in [0.15, 0.2) is 41.4 Å². The monoisotopic (exact) mass is 497 g/mol. The van der Waals surface area contributed by atoms with E-state index < -0.39 is 5.97 Å². The van der Waals surface area contributed by atoms with Gasteiger partial charge in [-0.05, 0) is 42.8 Å². The molecule has 0 spiro atoms. The first-order valence-corrected chi connectivity index (χ1v) is 13.6. The second kappa shape index (κ2) is 17.4. The fourth-order valence-corrected chi connectivity index (χ4v) is 4.10. The van der Waals surface area contributed by atoms with E-state index in [1.165, 1.54) is 107 Å². The van der Waals surface area contributed by atoms with Crippen molar-refractivity contribution in [3.05, 3.63) is 47.5 Å². The highest BCUT2D eigenvalue weighted by molar-refractivity contribution is 5.94. The Morgan fingerprint density at radius 1 is 0.750 bits per heavy atom. The minimum atomic E-state index is -0.584. The van der Waals surface area contributed by atoms with Crippen molar-refractivity contribution in [1.82, 2.24) is 0 Å². The van der Waals surface area contributed by atoms with Crippen LogP contribution < -0.4 is 0 Å². The lowest BCUT2D eigenvalue weighted by atomic mass is 10.0. The second-order valence-electron chi connectivity index (χ2n) is 9.43. The molecular formula is C30H43NO5. The van der Waals surface area contributed by atoms with Crippen LogP contribution in [0.1, 0.15) is 113 Å². The van der Waals surface area contributed by atoms with Gasteiger partial charge in [-0.25, -0.2) is 4.79 Å². The zero-order chi connectivity index (χ0) is 26.0. The molecule has 0 aliphatic rings. The molecule has 0 bridgehead atoms. The lowest BCUT2D eigenvalue weighted by Gasteiger charge is -2.07. The van der Waals surface area contributed by atoms with Crippen LogP contribution in [0.4, 0.5) is 5.69 Å².